The van der Waals surface area contributed by atoms with Crippen LogP contribution >= 0.6 is 0 Å². The maximum absolute atomic E-state index is 9.66. The van der Waals surface area contributed by atoms with Gasteiger partial charge in [0.1, 0.15) is 0 Å². The Morgan fingerprint density at radius 3 is 1.89 bits per heavy atom. The third-order valence-corrected chi connectivity index (χ3v) is 4.53. The van der Waals surface area contributed by atoms with Crippen LogP contribution in [0, 0.1) is 0 Å². The molecule has 3 rings (SSSR count). The van der Waals surface area contributed by atoms with Gasteiger partial charge in [-0.3, -0.25) is 5.10 Å². The van der Waals surface area contributed by atoms with E-state index >= 15 is 0 Å². The number of nitrogens with zero attached hydrogens (tertiary/aromatic N) is 1. The van der Waals surface area contributed by atoms with Gasteiger partial charge in [0.25, 0.3) is 0 Å². The molecule has 6 nitrogen and oxygen atoms in total. The van der Waals surface area contributed by atoms with Crippen LogP contribution in [0.5, 0.6) is 23.0 Å². The number of methoxy groups -OCH3 is 2. The lowest BCUT2D eigenvalue weighted by Crippen LogP contribution is -1.93. The summed E-state index contributed by atoms with van der Waals surface area (Å²) >= 11 is 0. The molecule has 0 saturated heterocycles. The minimum Gasteiger partial charge on any atom is -0.504 e. The van der Waals surface area contributed by atoms with Crippen LogP contribution in [0.15, 0.2) is 42.5 Å². The average Bonchev–Trinajstić information content (AvgIpc) is 3.14. The Morgan fingerprint density at radius 1 is 0.778 bits per heavy atom. The molecule has 0 aliphatic carbocycles. The van der Waals surface area contributed by atoms with E-state index in [1.807, 2.05) is 24.3 Å². The van der Waals surface area contributed by atoms with Gasteiger partial charge >= 0.3 is 0 Å². The summed E-state index contributed by atoms with van der Waals surface area (Å²) < 4.78 is 10.3. The Bertz CT molecular complexity index is 833. The molecule has 0 unspecified atom stereocenters. The number of aromatic nitrogens is 2. The van der Waals surface area contributed by atoms with E-state index in [4.69, 9.17) is 9.47 Å². The van der Waals surface area contributed by atoms with Crippen molar-refractivity contribution in [1.82, 2.24) is 10.2 Å². The summed E-state index contributed by atoms with van der Waals surface area (Å²) in [4.78, 5) is 0. The Kier molecular flexibility index (Phi) is 5.86. The Hall–Kier alpha value is -3.15. The summed E-state index contributed by atoms with van der Waals surface area (Å²) in [7, 11) is 3.09. The number of benzene rings is 2. The number of aryl methyl sites for hydroxylation is 4. The van der Waals surface area contributed by atoms with Gasteiger partial charge in [0.2, 0.25) is 0 Å². The number of phenolic OH excluding ortho intramolecular Hbond substituents is 2. The minimum absolute atomic E-state index is 0.147. The maximum atomic E-state index is 9.66. The number of hydrogen-bond acceptors (Lipinski definition) is 5. The summed E-state index contributed by atoms with van der Waals surface area (Å²) in [5.74, 6) is 1.27. The van der Waals surface area contributed by atoms with Crippen LogP contribution in [-0.4, -0.2) is 34.6 Å². The van der Waals surface area contributed by atoms with Gasteiger partial charge in [-0.25, -0.2) is 0 Å². The van der Waals surface area contributed by atoms with Crippen LogP contribution in [0.2, 0.25) is 0 Å². The van der Waals surface area contributed by atoms with E-state index in [9.17, 15) is 10.2 Å². The van der Waals surface area contributed by atoms with Crippen LogP contribution < -0.4 is 9.47 Å². The van der Waals surface area contributed by atoms with Gasteiger partial charge in [0.15, 0.2) is 23.0 Å². The van der Waals surface area contributed by atoms with Crippen molar-refractivity contribution in [2.75, 3.05) is 14.2 Å². The molecule has 0 saturated carbocycles. The fourth-order valence-corrected chi connectivity index (χ4v) is 2.97. The normalized spacial score (nSPS) is 10.7. The van der Waals surface area contributed by atoms with Crippen molar-refractivity contribution in [3.8, 4) is 23.0 Å². The van der Waals surface area contributed by atoms with Crippen molar-refractivity contribution in [2.24, 2.45) is 0 Å². The largest absolute Gasteiger partial charge is 0.504 e. The highest BCUT2D eigenvalue weighted by atomic mass is 16.5. The molecule has 3 aromatic rings. The van der Waals surface area contributed by atoms with Gasteiger partial charge in [-0.15, -0.1) is 0 Å². The van der Waals surface area contributed by atoms with Gasteiger partial charge in [-0.2, -0.15) is 5.10 Å². The monoisotopic (exact) mass is 368 g/mol. The van der Waals surface area contributed by atoms with Crippen molar-refractivity contribution in [1.29, 1.82) is 0 Å². The first-order chi connectivity index (χ1) is 13.1. The molecule has 142 valence electrons. The van der Waals surface area contributed by atoms with Gasteiger partial charge in [-0.1, -0.05) is 12.1 Å². The first-order valence-corrected chi connectivity index (χ1v) is 8.84. The average molecular weight is 368 g/mol. The summed E-state index contributed by atoms with van der Waals surface area (Å²) in [6, 6.07) is 12.9. The standard InChI is InChI=1S/C21H24N2O4/c1-26-20-11-14(5-9-18(20)24)3-7-16-13-17(23-22-16)8-4-15-6-10-19(25)21(12-15)27-2/h5-6,9-13,24-25H,3-4,7-8H2,1-2H3,(H,22,23). The Morgan fingerprint density at radius 2 is 1.33 bits per heavy atom. The molecule has 0 atom stereocenters. The first-order valence-electron chi connectivity index (χ1n) is 8.84. The third kappa shape index (κ3) is 4.73. The first kappa shape index (κ1) is 18.6. The molecule has 0 amide bonds. The highest BCUT2D eigenvalue weighted by Crippen LogP contribution is 2.27. The van der Waals surface area contributed by atoms with E-state index in [2.05, 4.69) is 16.3 Å². The van der Waals surface area contributed by atoms with Crippen LogP contribution in [0.4, 0.5) is 0 Å². The fraction of sp³-hybridized carbons (Fsp3) is 0.286. The summed E-state index contributed by atoms with van der Waals surface area (Å²) in [5.41, 5.74) is 4.25. The molecule has 2 aromatic carbocycles. The number of phenols is 2. The highest BCUT2D eigenvalue weighted by molar-refractivity contribution is 5.42. The molecule has 6 heteroatoms. The predicted molar refractivity (Wildman–Crippen MR) is 103 cm³/mol. The molecule has 0 radical (unpaired) electrons. The molecule has 3 N–H and O–H groups in total. The SMILES string of the molecule is COc1cc(CCc2cc(CCc3ccc(O)c(OC)c3)[nH]n2)ccc1O. The lowest BCUT2D eigenvalue weighted by Gasteiger charge is -2.06. The number of nitrogens with one attached hydrogen (secondary N) is 1. The van der Waals surface area contributed by atoms with E-state index in [-0.39, 0.29) is 11.5 Å². The molecule has 0 fully saturated rings. The third-order valence-electron chi connectivity index (χ3n) is 4.53. The van der Waals surface area contributed by atoms with Crippen molar-refractivity contribution < 1.29 is 19.7 Å². The van der Waals surface area contributed by atoms with E-state index in [1.54, 1.807) is 26.4 Å². The molecule has 0 aliphatic heterocycles. The minimum atomic E-state index is 0.147. The Balaban J connectivity index is 1.55. The number of aromatic amines is 1. The number of H-pyrrole nitrogens is 1. The number of rotatable bonds is 8. The second-order valence-corrected chi connectivity index (χ2v) is 6.40. The van der Waals surface area contributed by atoms with Crippen molar-refractivity contribution >= 4 is 0 Å². The molecule has 1 heterocycles. The summed E-state index contributed by atoms with van der Waals surface area (Å²) in [6.07, 6.45) is 3.27. The Labute approximate surface area is 158 Å². The van der Waals surface area contributed by atoms with Crippen LogP contribution in [0.3, 0.4) is 0 Å². The van der Waals surface area contributed by atoms with Crippen LogP contribution in [0.1, 0.15) is 22.5 Å². The summed E-state index contributed by atoms with van der Waals surface area (Å²) in [6.45, 7) is 0. The molecule has 0 bridgehead atoms. The van der Waals surface area contributed by atoms with Gasteiger partial charge in [-0.05, 0) is 67.1 Å². The number of ether oxygens (including phenoxy) is 2. The smallest absolute Gasteiger partial charge is 0.160 e. The second-order valence-electron chi connectivity index (χ2n) is 6.40. The number of aromatic hydroxyl groups is 2. The van der Waals surface area contributed by atoms with Crippen molar-refractivity contribution in [3.05, 3.63) is 65.0 Å². The molecule has 27 heavy (non-hydrogen) atoms. The van der Waals surface area contributed by atoms with E-state index < -0.39 is 0 Å². The number of hydrogen-bond donors (Lipinski definition) is 3. The fourth-order valence-electron chi connectivity index (χ4n) is 2.97. The second kappa shape index (κ2) is 8.49. The lowest BCUT2D eigenvalue weighted by atomic mass is 10.1. The quantitative estimate of drug-likeness (QED) is 0.567. The maximum Gasteiger partial charge on any atom is 0.160 e. The molecule has 0 aliphatic rings. The highest BCUT2D eigenvalue weighted by Gasteiger charge is 2.07. The van der Waals surface area contributed by atoms with Crippen LogP contribution in [0.25, 0.3) is 0 Å². The van der Waals surface area contributed by atoms with E-state index in [0.717, 1.165) is 48.2 Å². The van der Waals surface area contributed by atoms with Gasteiger partial charge in [0, 0.05) is 5.69 Å². The van der Waals surface area contributed by atoms with Crippen molar-refractivity contribution in [3.63, 3.8) is 0 Å². The molecular weight excluding hydrogens is 344 g/mol. The predicted octanol–water partition coefficient (Wildman–Crippen LogP) is 3.41. The van der Waals surface area contributed by atoms with Crippen LogP contribution in [-0.2, 0) is 25.7 Å². The molecule has 1 aromatic heterocycles. The molecule has 0 spiro atoms. The van der Waals surface area contributed by atoms with Gasteiger partial charge in [0.05, 0.1) is 19.9 Å². The van der Waals surface area contributed by atoms with E-state index in [1.165, 1.54) is 0 Å². The zero-order chi connectivity index (χ0) is 19.2. The summed E-state index contributed by atoms with van der Waals surface area (Å²) in [5, 5.41) is 26.8. The molecular formula is C21H24N2O4. The van der Waals surface area contributed by atoms with Gasteiger partial charge < -0.3 is 19.7 Å². The van der Waals surface area contributed by atoms with Crippen molar-refractivity contribution in [2.45, 2.75) is 25.7 Å². The zero-order valence-corrected chi connectivity index (χ0v) is 15.5. The zero-order valence-electron chi connectivity index (χ0n) is 15.5. The topological polar surface area (TPSA) is 87.6 Å². The van der Waals surface area contributed by atoms with E-state index in [0.29, 0.717) is 11.5 Å². The lowest BCUT2D eigenvalue weighted by molar-refractivity contribution is 0.373.